The minimum absolute atomic E-state index is 0.0478. The van der Waals surface area contributed by atoms with Crippen LogP contribution in [0.25, 0.3) is 0 Å². The molecule has 100 valence electrons. The minimum Gasteiger partial charge on any atom is -0.311 e. The second-order valence-corrected chi connectivity index (χ2v) is 7.04. The van der Waals surface area contributed by atoms with E-state index in [4.69, 9.17) is 0 Å². The highest BCUT2D eigenvalue weighted by Gasteiger charge is 2.46. The van der Waals surface area contributed by atoms with E-state index >= 15 is 0 Å². The Hall–Kier alpha value is -0.180. The van der Waals surface area contributed by atoms with Crippen molar-refractivity contribution in [2.24, 2.45) is 11.3 Å². The van der Waals surface area contributed by atoms with Gasteiger partial charge in [0.05, 0.1) is 0 Å². The molecule has 0 aromatic carbocycles. The normalized spacial score (nSPS) is 34.4. The average Bonchev–Trinajstić information content (AvgIpc) is 2.14. The zero-order valence-corrected chi connectivity index (χ0v) is 11.2. The summed E-state index contributed by atoms with van der Waals surface area (Å²) in [5, 5.41) is 3.40. The highest BCUT2D eigenvalue weighted by molar-refractivity contribution is 4.94. The third-order valence-corrected chi connectivity index (χ3v) is 4.51. The molecule has 0 heterocycles. The molecule has 1 N–H and O–H groups in total. The fourth-order valence-electron chi connectivity index (χ4n) is 3.24. The Morgan fingerprint density at radius 2 is 1.47 bits per heavy atom. The van der Waals surface area contributed by atoms with E-state index in [1.54, 1.807) is 0 Å². The van der Waals surface area contributed by atoms with E-state index in [0.29, 0.717) is 11.5 Å². The van der Waals surface area contributed by atoms with Crippen molar-refractivity contribution >= 4 is 0 Å². The first kappa shape index (κ1) is 13.3. The molecule has 0 amide bonds. The third-order valence-electron chi connectivity index (χ3n) is 4.51. The first-order chi connectivity index (χ1) is 7.76. The monoisotopic (exact) mass is 245 g/mol. The lowest BCUT2D eigenvalue weighted by atomic mass is 9.71. The Bertz CT molecular complexity index is 254. The van der Waals surface area contributed by atoms with Crippen LogP contribution < -0.4 is 5.32 Å². The summed E-state index contributed by atoms with van der Waals surface area (Å²) in [6, 6.07) is 0.552. The SMILES string of the molecule is CC(C)(C)C1CCC(NC2CC(F)(F)C2)CC1. The summed E-state index contributed by atoms with van der Waals surface area (Å²) in [6.45, 7) is 6.91. The summed E-state index contributed by atoms with van der Waals surface area (Å²) >= 11 is 0. The lowest BCUT2D eigenvalue weighted by Crippen LogP contribution is -2.52. The number of hydrogen-bond acceptors (Lipinski definition) is 1. The molecule has 0 aliphatic heterocycles. The second kappa shape index (κ2) is 4.49. The topological polar surface area (TPSA) is 12.0 Å². The summed E-state index contributed by atoms with van der Waals surface area (Å²) in [7, 11) is 0. The summed E-state index contributed by atoms with van der Waals surface area (Å²) in [5.41, 5.74) is 0.397. The summed E-state index contributed by atoms with van der Waals surface area (Å²) in [4.78, 5) is 0. The van der Waals surface area contributed by atoms with Crippen molar-refractivity contribution in [3.8, 4) is 0 Å². The van der Waals surface area contributed by atoms with Crippen LogP contribution in [0.15, 0.2) is 0 Å². The van der Waals surface area contributed by atoms with E-state index in [1.807, 2.05) is 0 Å². The molecular weight excluding hydrogens is 220 g/mol. The Labute approximate surface area is 103 Å². The van der Waals surface area contributed by atoms with Crippen molar-refractivity contribution in [2.75, 3.05) is 0 Å². The van der Waals surface area contributed by atoms with Crippen molar-refractivity contribution in [3.63, 3.8) is 0 Å². The highest BCUT2D eigenvalue weighted by Crippen LogP contribution is 2.40. The van der Waals surface area contributed by atoms with Gasteiger partial charge in [0.25, 0.3) is 5.92 Å². The third kappa shape index (κ3) is 3.40. The van der Waals surface area contributed by atoms with Crippen LogP contribution in [0.1, 0.15) is 59.3 Å². The molecule has 2 rings (SSSR count). The van der Waals surface area contributed by atoms with Crippen LogP contribution in [0.5, 0.6) is 0 Å². The van der Waals surface area contributed by atoms with E-state index in [2.05, 4.69) is 26.1 Å². The Morgan fingerprint density at radius 3 is 1.88 bits per heavy atom. The van der Waals surface area contributed by atoms with Gasteiger partial charge in [-0.25, -0.2) is 8.78 Å². The van der Waals surface area contributed by atoms with Crippen LogP contribution in [0.2, 0.25) is 0 Å². The summed E-state index contributed by atoms with van der Waals surface area (Å²) < 4.78 is 25.4. The molecule has 2 fully saturated rings. The predicted molar refractivity (Wildman–Crippen MR) is 66.3 cm³/mol. The van der Waals surface area contributed by atoms with Gasteiger partial charge in [-0.2, -0.15) is 0 Å². The van der Waals surface area contributed by atoms with Gasteiger partial charge >= 0.3 is 0 Å². The quantitative estimate of drug-likeness (QED) is 0.776. The van der Waals surface area contributed by atoms with Crippen molar-refractivity contribution in [1.82, 2.24) is 5.32 Å². The zero-order valence-electron chi connectivity index (χ0n) is 11.2. The fraction of sp³-hybridized carbons (Fsp3) is 1.00. The van der Waals surface area contributed by atoms with E-state index < -0.39 is 5.92 Å². The number of rotatable bonds is 2. The number of hydrogen-bond donors (Lipinski definition) is 1. The Morgan fingerprint density at radius 1 is 0.941 bits per heavy atom. The number of alkyl halides is 2. The van der Waals surface area contributed by atoms with Crippen molar-refractivity contribution < 1.29 is 8.78 Å². The molecule has 0 spiro atoms. The molecule has 0 unspecified atom stereocenters. The van der Waals surface area contributed by atoms with Crippen molar-refractivity contribution in [2.45, 2.75) is 77.3 Å². The zero-order chi connectivity index (χ0) is 12.7. The second-order valence-electron chi connectivity index (χ2n) is 7.04. The molecule has 0 aromatic rings. The van der Waals surface area contributed by atoms with Gasteiger partial charge in [-0.15, -0.1) is 0 Å². The van der Waals surface area contributed by atoms with Gasteiger partial charge in [0, 0.05) is 24.9 Å². The van der Waals surface area contributed by atoms with Gasteiger partial charge in [-0.3, -0.25) is 0 Å². The Balaban J connectivity index is 1.70. The van der Waals surface area contributed by atoms with E-state index in [9.17, 15) is 8.78 Å². The molecule has 0 aromatic heterocycles. The van der Waals surface area contributed by atoms with Gasteiger partial charge in [-0.05, 0) is 37.0 Å². The molecule has 3 heteroatoms. The van der Waals surface area contributed by atoms with Crippen LogP contribution in [0.3, 0.4) is 0 Å². The molecule has 17 heavy (non-hydrogen) atoms. The Kier molecular flexibility index (Phi) is 3.50. The van der Waals surface area contributed by atoms with Gasteiger partial charge in [0.2, 0.25) is 0 Å². The van der Waals surface area contributed by atoms with Crippen LogP contribution in [0.4, 0.5) is 8.78 Å². The molecular formula is C14H25F2N. The van der Waals surface area contributed by atoms with Crippen molar-refractivity contribution in [3.05, 3.63) is 0 Å². The van der Waals surface area contributed by atoms with E-state index in [-0.39, 0.29) is 18.9 Å². The van der Waals surface area contributed by atoms with E-state index in [1.165, 1.54) is 12.8 Å². The fourth-order valence-corrected chi connectivity index (χ4v) is 3.24. The lowest BCUT2D eigenvalue weighted by molar-refractivity contribution is -0.0958. The minimum atomic E-state index is -2.39. The maximum Gasteiger partial charge on any atom is 0.251 e. The molecule has 0 saturated heterocycles. The summed E-state index contributed by atoms with van der Waals surface area (Å²) in [5.74, 6) is -1.59. The molecule has 0 radical (unpaired) electrons. The van der Waals surface area contributed by atoms with Crippen LogP contribution in [-0.4, -0.2) is 18.0 Å². The molecule has 0 atom stereocenters. The molecule has 0 bridgehead atoms. The smallest absolute Gasteiger partial charge is 0.251 e. The van der Waals surface area contributed by atoms with Crippen LogP contribution in [-0.2, 0) is 0 Å². The maximum atomic E-state index is 12.7. The summed E-state index contributed by atoms with van der Waals surface area (Å²) in [6.07, 6.45) is 4.89. The van der Waals surface area contributed by atoms with Gasteiger partial charge in [0.15, 0.2) is 0 Å². The van der Waals surface area contributed by atoms with Crippen molar-refractivity contribution in [1.29, 1.82) is 0 Å². The predicted octanol–water partition coefficient (Wildman–Crippen LogP) is 3.98. The number of nitrogens with one attached hydrogen (secondary N) is 1. The first-order valence-corrected chi connectivity index (χ1v) is 6.90. The maximum absolute atomic E-state index is 12.7. The van der Waals surface area contributed by atoms with Gasteiger partial charge in [-0.1, -0.05) is 20.8 Å². The van der Waals surface area contributed by atoms with Gasteiger partial charge < -0.3 is 5.32 Å². The standard InChI is InChI=1S/C14H25F2N/c1-13(2,3)10-4-6-11(7-5-10)17-12-8-14(15,16)9-12/h10-12,17H,4-9H2,1-3H3. The molecule has 1 nitrogen and oxygen atoms in total. The van der Waals surface area contributed by atoms with Crippen LogP contribution in [0, 0.1) is 11.3 Å². The average molecular weight is 245 g/mol. The lowest BCUT2D eigenvalue weighted by Gasteiger charge is -2.42. The molecule has 2 saturated carbocycles. The molecule has 2 aliphatic carbocycles. The highest BCUT2D eigenvalue weighted by atomic mass is 19.3. The number of halogens is 2. The van der Waals surface area contributed by atoms with E-state index in [0.717, 1.165) is 18.8 Å². The largest absolute Gasteiger partial charge is 0.311 e. The van der Waals surface area contributed by atoms with Crippen LogP contribution >= 0.6 is 0 Å². The van der Waals surface area contributed by atoms with Gasteiger partial charge in [0.1, 0.15) is 0 Å². The molecule has 2 aliphatic rings. The first-order valence-electron chi connectivity index (χ1n) is 6.90.